The number of carbonyl (C=O) groups is 1. The highest BCUT2D eigenvalue weighted by Gasteiger charge is 2.25. The Morgan fingerprint density at radius 1 is 1.32 bits per heavy atom. The second-order valence-corrected chi connectivity index (χ2v) is 8.56. The van der Waals surface area contributed by atoms with E-state index >= 15 is 0 Å². The van der Waals surface area contributed by atoms with Crippen molar-refractivity contribution in [2.24, 2.45) is 5.41 Å². The van der Waals surface area contributed by atoms with E-state index in [0.29, 0.717) is 23.5 Å². The van der Waals surface area contributed by atoms with Crippen molar-refractivity contribution < 1.29 is 33.4 Å². The lowest BCUT2D eigenvalue weighted by atomic mass is 9.98. The molecule has 0 aliphatic heterocycles. The Labute approximate surface area is 161 Å². The molecule has 2 heterocycles. The number of hydrogen-bond acceptors (Lipinski definition) is 10. The molecule has 1 atom stereocenters. The Morgan fingerprint density at radius 2 is 2.07 bits per heavy atom. The van der Waals surface area contributed by atoms with Crippen LogP contribution in [0.1, 0.15) is 20.8 Å². The number of esters is 1. The van der Waals surface area contributed by atoms with Crippen molar-refractivity contribution >= 4 is 30.5 Å². The zero-order valence-electron chi connectivity index (χ0n) is 15.9. The molecule has 0 radical (unpaired) electrons. The quantitative estimate of drug-likeness (QED) is 0.218. The summed E-state index contributed by atoms with van der Waals surface area (Å²) in [6, 6.07) is 0. The van der Waals surface area contributed by atoms with Crippen LogP contribution in [0.5, 0.6) is 0 Å². The number of hydrogen-bond donors (Lipinski definition) is 3. The molecule has 0 spiro atoms. The molecule has 2 rings (SSSR count). The van der Waals surface area contributed by atoms with Crippen molar-refractivity contribution in [3.63, 3.8) is 0 Å². The first-order valence-corrected chi connectivity index (χ1v) is 10.1. The predicted octanol–water partition coefficient (Wildman–Crippen LogP) is 0.911. The van der Waals surface area contributed by atoms with Gasteiger partial charge in [0, 0.05) is 6.54 Å². The molecule has 0 aromatic carbocycles. The van der Waals surface area contributed by atoms with Gasteiger partial charge in [-0.2, -0.15) is 0 Å². The number of carbonyl (C=O) groups excluding carboxylic acids is 1. The lowest BCUT2D eigenvalue weighted by Crippen LogP contribution is -2.23. The number of fused-ring (bicyclic) bond motifs is 1. The molecule has 0 saturated carbocycles. The van der Waals surface area contributed by atoms with Crippen LogP contribution >= 0.6 is 7.60 Å². The van der Waals surface area contributed by atoms with E-state index < -0.39 is 32.1 Å². The first-order chi connectivity index (χ1) is 13.1. The van der Waals surface area contributed by atoms with Gasteiger partial charge >= 0.3 is 13.6 Å². The molecule has 0 bridgehead atoms. The molecule has 0 aliphatic rings. The highest BCUT2D eigenvalue weighted by Crippen LogP contribution is 2.41. The molecule has 28 heavy (non-hydrogen) atoms. The Balaban J connectivity index is 1.79. The van der Waals surface area contributed by atoms with Gasteiger partial charge in [-0.05, 0) is 20.8 Å². The molecule has 3 N–H and O–H groups in total. The number of nitrogens with one attached hydrogen (secondary N) is 1. The van der Waals surface area contributed by atoms with Gasteiger partial charge in [-0.3, -0.25) is 13.9 Å². The highest BCUT2D eigenvalue weighted by atomic mass is 31.2. The fraction of sp³-hybridized carbons (Fsp3) is 0.600. The van der Waals surface area contributed by atoms with Gasteiger partial charge in [-0.1, -0.05) is 0 Å². The molecular weight excluding hydrogens is 393 g/mol. The maximum absolute atomic E-state index is 11.9. The third kappa shape index (κ3) is 6.21. The first kappa shape index (κ1) is 22.2. The molecule has 0 aliphatic carbocycles. The van der Waals surface area contributed by atoms with Gasteiger partial charge in [-0.25, -0.2) is 15.0 Å². The van der Waals surface area contributed by atoms with E-state index in [2.05, 4.69) is 20.3 Å². The summed E-state index contributed by atoms with van der Waals surface area (Å²) in [6.45, 7) is 4.45. The Bertz CT molecular complexity index is 851. The molecule has 2 aromatic rings. The molecule has 1 unspecified atom stereocenters. The number of imidazole rings is 1. The van der Waals surface area contributed by atoms with Gasteiger partial charge in [0.05, 0.1) is 18.3 Å². The van der Waals surface area contributed by atoms with Crippen LogP contribution in [0.25, 0.3) is 11.2 Å². The van der Waals surface area contributed by atoms with Crippen LogP contribution < -0.4 is 5.32 Å². The minimum Gasteiger partial charge on any atom is -0.438 e. The maximum Gasteiger partial charge on any atom is 0.356 e. The van der Waals surface area contributed by atoms with Crippen LogP contribution in [0.15, 0.2) is 12.7 Å². The number of aromatic nitrogens is 4. The summed E-state index contributed by atoms with van der Waals surface area (Å²) < 4.78 is 28.3. The van der Waals surface area contributed by atoms with Crippen molar-refractivity contribution in [1.82, 2.24) is 19.5 Å². The zero-order chi connectivity index (χ0) is 20.8. The summed E-state index contributed by atoms with van der Waals surface area (Å²) in [7, 11) is -4.06. The summed E-state index contributed by atoms with van der Waals surface area (Å²) in [5, 5.41) is 11.6. The molecule has 12 nitrogen and oxygen atoms in total. The third-order valence-corrected chi connectivity index (χ3v) is 4.45. The second-order valence-electron chi connectivity index (χ2n) is 6.77. The van der Waals surface area contributed by atoms with Crippen LogP contribution in [0.3, 0.4) is 0 Å². The number of anilines is 1. The normalized spacial score (nSPS) is 14.0. The topological polar surface area (TPSA) is 158 Å². The average Bonchev–Trinajstić information content (AvgIpc) is 3.02. The van der Waals surface area contributed by atoms with E-state index in [9.17, 15) is 14.3 Å². The molecule has 2 aromatic heterocycles. The lowest BCUT2D eigenvalue weighted by molar-refractivity contribution is -0.160. The zero-order valence-corrected chi connectivity index (χ0v) is 16.8. The van der Waals surface area contributed by atoms with Crippen LogP contribution in [-0.2, 0) is 29.9 Å². The average molecular weight is 417 g/mol. The van der Waals surface area contributed by atoms with Gasteiger partial charge in [0.2, 0.25) is 6.79 Å². The van der Waals surface area contributed by atoms with Crippen LogP contribution in [0.2, 0.25) is 0 Å². The molecule has 0 fully saturated rings. The summed E-state index contributed by atoms with van der Waals surface area (Å²) >= 11 is 0. The van der Waals surface area contributed by atoms with Gasteiger partial charge in [0.1, 0.15) is 24.9 Å². The van der Waals surface area contributed by atoms with Crippen LogP contribution in [0.4, 0.5) is 5.82 Å². The van der Waals surface area contributed by atoms with Crippen LogP contribution in [0, 0.1) is 5.41 Å². The minimum absolute atomic E-state index is 0.0912. The minimum atomic E-state index is -4.06. The van der Waals surface area contributed by atoms with Gasteiger partial charge in [0.15, 0.2) is 11.5 Å². The van der Waals surface area contributed by atoms with Gasteiger partial charge < -0.3 is 29.4 Å². The number of rotatable bonds is 10. The summed E-state index contributed by atoms with van der Waals surface area (Å²) in [5.41, 5.74) is 0.267. The third-order valence-electron chi connectivity index (χ3n) is 3.44. The monoisotopic (exact) mass is 417 g/mol. The molecular formula is C15H24N5O7P. The summed E-state index contributed by atoms with van der Waals surface area (Å²) in [5.74, 6) is -0.150. The highest BCUT2D eigenvalue weighted by molar-refractivity contribution is 7.52. The number of nitrogens with zero attached hydrogens (tertiary/aromatic N) is 4. The molecule has 0 amide bonds. The lowest BCUT2D eigenvalue weighted by Gasteiger charge is -2.18. The van der Waals surface area contributed by atoms with Crippen LogP contribution in [-0.4, -0.2) is 62.0 Å². The van der Waals surface area contributed by atoms with E-state index in [4.69, 9.17) is 19.1 Å². The number of ether oxygens (including phenoxy) is 2. The SMILES string of the molecule is CC(C)(C)C(=O)OCOP(=O)(O)COCCn1cnc2c(NCO)ncnc21. The number of aliphatic hydroxyl groups is 1. The Kier molecular flexibility index (Phi) is 7.44. The van der Waals surface area contributed by atoms with E-state index in [0.717, 1.165) is 0 Å². The standard InChI is InChI=1S/C15H24N5O7P/c1-15(2,3)14(22)26-9-27-28(23,24)10-25-5-4-20-7-18-11-12(19-8-21)16-6-17-13(11)20/h6-7,21H,4-5,8-10H2,1-3H3,(H,23,24)(H,16,17,19). The van der Waals surface area contributed by atoms with Gasteiger partial charge in [0.25, 0.3) is 0 Å². The van der Waals surface area contributed by atoms with Crippen molar-refractivity contribution in [2.75, 3.05) is 31.8 Å². The van der Waals surface area contributed by atoms with Crippen molar-refractivity contribution in [1.29, 1.82) is 0 Å². The molecule has 0 saturated heterocycles. The van der Waals surface area contributed by atoms with E-state index in [1.165, 1.54) is 12.7 Å². The fourth-order valence-electron chi connectivity index (χ4n) is 2.01. The van der Waals surface area contributed by atoms with E-state index in [1.54, 1.807) is 25.3 Å². The summed E-state index contributed by atoms with van der Waals surface area (Å²) in [6.07, 6.45) is 2.29. The maximum atomic E-state index is 11.9. The predicted molar refractivity (Wildman–Crippen MR) is 98.2 cm³/mol. The van der Waals surface area contributed by atoms with Crippen molar-refractivity contribution in [2.45, 2.75) is 27.3 Å². The van der Waals surface area contributed by atoms with Gasteiger partial charge in [-0.15, -0.1) is 0 Å². The van der Waals surface area contributed by atoms with Crippen molar-refractivity contribution in [3.8, 4) is 0 Å². The number of aliphatic hydroxyl groups excluding tert-OH is 1. The largest absolute Gasteiger partial charge is 0.438 e. The first-order valence-electron chi connectivity index (χ1n) is 8.36. The van der Waals surface area contributed by atoms with E-state index in [1.807, 2.05) is 0 Å². The molecule has 13 heteroatoms. The summed E-state index contributed by atoms with van der Waals surface area (Å²) in [4.78, 5) is 33.6. The fourth-order valence-corrected chi connectivity index (χ4v) is 2.66. The molecule has 156 valence electrons. The van der Waals surface area contributed by atoms with E-state index in [-0.39, 0.29) is 13.3 Å². The van der Waals surface area contributed by atoms with Crippen molar-refractivity contribution in [3.05, 3.63) is 12.7 Å². The Morgan fingerprint density at radius 3 is 2.75 bits per heavy atom. The Hall–Kier alpha value is -2.11. The smallest absolute Gasteiger partial charge is 0.356 e. The second kappa shape index (κ2) is 9.39.